The Labute approximate surface area is 145 Å². The number of benzene rings is 3. The van der Waals surface area contributed by atoms with Gasteiger partial charge < -0.3 is 5.32 Å². The minimum Gasteiger partial charge on any atom is -0.326 e. The Morgan fingerprint density at radius 1 is 0.920 bits per heavy atom. The molecule has 0 fully saturated rings. The number of carbonyl (C=O) groups is 2. The highest BCUT2D eigenvalue weighted by atomic mass is 19.1. The van der Waals surface area contributed by atoms with Gasteiger partial charge in [0.1, 0.15) is 5.82 Å². The van der Waals surface area contributed by atoms with Crippen LogP contribution in [0.1, 0.15) is 28.8 Å². The molecular formula is C21H18FNO2. The van der Waals surface area contributed by atoms with Crippen LogP contribution in [0.15, 0.2) is 60.7 Å². The lowest BCUT2D eigenvalue weighted by molar-refractivity contribution is -0.116. The molecule has 25 heavy (non-hydrogen) atoms. The second kappa shape index (κ2) is 7.26. The smallest absolute Gasteiger partial charge is 0.224 e. The highest BCUT2D eigenvalue weighted by Crippen LogP contribution is 2.18. The molecule has 0 aliphatic carbocycles. The average molecular weight is 335 g/mol. The molecule has 0 saturated heterocycles. The fourth-order valence-corrected chi connectivity index (χ4v) is 2.63. The number of carbonyl (C=O) groups excluding carboxylic acids is 2. The molecule has 0 spiro atoms. The summed E-state index contributed by atoms with van der Waals surface area (Å²) in [5.74, 6) is -0.765. The Bertz CT molecular complexity index is 950. The van der Waals surface area contributed by atoms with Crippen molar-refractivity contribution in [3.05, 3.63) is 77.6 Å². The van der Waals surface area contributed by atoms with Gasteiger partial charge in [0.25, 0.3) is 0 Å². The number of aryl methyl sites for hydroxylation is 1. The Balaban J connectivity index is 1.60. The zero-order valence-corrected chi connectivity index (χ0v) is 13.9. The van der Waals surface area contributed by atoms with Gasteiger partial charge >= 0.3 is 0 Å². The number of Topliss-reactive ketones (excluding diaryl/α,β-unsaturated/α-hetero) is 1. The molecule has 0 radical (unpaired) electrons. The first kappa shape index (κ1) is 16.8. The van der Waals surface area contributed by atoms with E-state index >= 15 is 0 Å². The van der Waals surface area contributed by atoms with Crippen LogP contribution >= 0.6 is 0 Å². The average Bonchev–Trinajstić information content (AvgIpc) is 2.62. The van der Waals surface area contributed by atoms with Crippen LogP contribution in [0.4, 0.5) is 10.1 Å². The normalized spacial score (nSPS) is 10.6. The van der Waals surface area contributed by atoms with Crippen molar-refractivity contribution in [1.82, 2.24) is 0 Å². The lowest BCUT2D eigenvalue weighted by Gasteiger charge is -2.07. The van der Waals surface area contributed by atoms with Gasteiger partial charge in [-0.15, -0.1) is 0 Å². The molecule has 1 amide bonds. The number of halogens is 1. The van der Waals surface area contributed by atoms with E-state index in [1.165, 1.54) is 6.07 Å². The van der Waals surface area contributed by atoms with Gasteiger partial charge in [0.05, 0.1) is 0 Å². The highest BCUT2D eigenvalue weighted by Gasteiger charge is 2.11. The summed E-state index contributed by atoms with van der Waals surface area (Å²) in [6, 6.07) is 17.8. The lowest BCUT2D eigenvalue weighted by atomic mass is 10.0. The van der Waals surface area contributed by atoms with Gasteiger partial charge in [-0.3, -0.25) is 9.59 Å². The van der Waals surface area contributed by atoms with Crippen LogP contribution in [0.2, 0.25) is 0 Å². The number of hydrogen-bond acceptors (Lipinski definition) is 2. The molecule has 0 bridgehead atoms. The number of ketones is 1. The first-order valence-corrected chi connectivity index (χ1v) is 8.11. The number of amides is 1. The van der Waals surface area contributed by atoms with E-state index in [0.717, 1.165) is 10.8 Å². The second-order valence-corrected chi connectivity index (χ2v) is 6.00. The van der Waals surface area contributed by atoms with Crippen LogP contribution in [0, 0.1) is 12.7 Å². The number of nitrogens with one attached hydrogen (secondary N) is 1. The minimum absolute atomic E-state index is 0.0567. The quantitative estimate of drug-likeness (QED) is 0.675. The molecule has 4 heteroatoms. The monoisotopic (exact) mass is 335 g/mol. The molecule has 3 aromatic carbocycles. The van der Waals surface area contributed by atoms with E-state index in [2.05, 4.69) is 5.32 Å². The fourth-order valence-electron chi connectivity index (χ4n) is 2.63. The van der Waals surface area contributed by atoms with Gasteiger partial charge in [0.2, 0.25) is 5.91 Å². The van der Waals surface area contributed by atoms with Crippen LogP contribution in [-0.2, 0) is 4.79 Å². The van der Waals surface area contributed by atoms with Crippen LogP contribution in [-0.4, -0.2) is 11.7 Å². The predicted molar refractivity (Wildman–Crippen MR) is 97.3 cm³/mol. The van der Waals surface area contributed by atoms with E-state index in [-0.39, 0.29) is 30.3 Å². The molecule has 0 unspecified atom stereocenters. The van der Waals surface area contributed by atoms with Crippen molar-refractivity contribution in [2.45, 2.75) is 19.8 Å². The van der Waals surface area contributed by atoms with Crippen molar-refractivity contribution in [3.8, 4) is 0 Å². The maximum atomic E-state index is 13.5. The number of fused-ring (bicyclic) bond motifs is 1. The van der Waals surface area contributed by atoms with Gasteiger partial charge in [0, 0.05) is 24.1 Å². The molecule has 0 aliphatic rings. The van der Waals surface area contributed by atoms with E-state index in [1.54, 1.807) is 25.1 Å². The van der Waals surface area contributed by atoms with Crippen LogP contribution < -0.4 is 5.32 Å². The summed E-state index contributed by atoms with van der Waals surface area (Å²) in [5, 5.41) is 4.68. The van der Waals surface area contributed by atoms with Crippen molar-refractivity contribution in [3.63, 3.8) is 0 Å². The van der Waals surface area contributed by atoms with Crippen molar-refractivity contribution >= 4 is 28.2 Å². The number of rotatable bonds is 5. The van der Waals surface area contributed by atoms with E-state index in [9.17, 15) is 14.0 Å². The van der Waals surface area contributed by atoms with E-state index < -0.39 is 0 Å². The van der Waals surface area contributed by atoms with Gasteiger partial charge in [-0.05, 0) is 41.5 Å². The van der Waals surface area contributed by atoms with Crippen molar-refractivity contribution in [2.24, 2.45) is 0 Å². The summed E-state index contributed by atoms with van der Waals surface area (Å²) in [4.78, 5) is 24.3. The molecule has 0 atom stereocenters. The van der Waals surface area contributed by atoms with Crippen molar-refractivity contribution in [2.75, 3.05) is 5.32 Å². The summed E-state index contributed by atoms with van der Waals surface area (Å²) in [6.45, 7) is 1.66. The van der Waals surface area contributed by atoms with Gasteiger partial charge in [-0.1, -0.05) is 42.5 Å². The Hall–Kier alpha value is -3.01. The molecule has 0 aromatic heterocycles. The Kier molecular flexibility index (Phi) is 4.89. The van der Waals surface area contributed by atoms with E-state index in [4.69, 9.17) is 0 Å². The molecule has 3 aromatic rings. The highest BCUT2D eigenvalue weighted by molar-refractivity contribution is 6.02. The second-order valence-electron chi connectivity index (χ2n) is 6.00. The van der Waals surface area contributed by atoms with E-state index in [1.807, 2.05) is 36.4 Å². The summed E-state index contributed by atoms with van der Waals surface area (Å²) in [5.41, 5.74) is 1.50. The minimum atomic E-state index is -0.370. The van der Waals surface area contributed by atoms with Crippen molar-refractivity contribution < 1.29 is 14.0 Å². The van der Waals surface area contributed by atoms with Crippen LogP contribution in [0.5, 0.6) is 0 Å². The molecule has 0 aliphatic heterocycles. The fraction of sp³-hybridized carbons (Fsp3) is 0.143. The largest absolute Gasteiger partial charge is 0.326 e. The summed E-state index contributed by atoms with van der Waals surface area (Å²) >= 11 is 0. The third kappa shape index (κ3) is 4.10. The molecule has 3 rings (SSSR count). The molecular weight excluding hydrogens is 317 g/mol. The van der Waals surface area contributed by atoms with Gasteiger partial charge in [-0.25, -0.2) is 4.39 Å². The number of hydrogen-bond donors (Lipinski definition) is 1. The Morgan fingerprint density at radius 3 is 2.44 bits per heavy atom. The first-order chi connectivity index (χ1) is 12.0. The SMILES string of the molecule is Cc1ccc(NC(=O)CCC(=O)c2ccc3ccccc3c2)cc1F. The molecule has 126 valence electrons. The maximum Gasteiger partial charge on any atom is 0.224 e. The third-order valence-electron chi connectivity index (χ3n) is 4.11. The van der Waals surface area contributed by atoms with Crippen molar-refractivity contribution in [1.29, 1.82) is 0 Å². The zero-order chi connectivity index (χ0) is 17.8. The third-order valence-corrected chi connectivity index (χ3v) is 4.11. The standard InChI is InChI=1S/C21H18FNO2/c1-14-6-9-18(13-19(14)22)23-21(25)11-10-20(24)17-8-7-15-4-2-3-5-16(15)12-17/h2-9,12-13H,10-11H2,1H3,(H,23,25). The maximum absolute atomic E-state index is 13.5. The van der Waals surface area contributed by atoms with Gasteiger partial charge in [0.15, 0.2) is 5.78 Å². The zero-order valence-electron chi connectivity index (χ0n) is 13.9. The van der Waals surface area contributed by atoms with Crippen LogP contribution in [0.3, 0.4) is 0 Å². The van der Waals surface area contributed by atoms with E-state index in [0.29, 0.717) is 16.8 Å². The lowest BCUT2D eigenvalue weighted by Crippen LogP contribution is -2.13. The summed E-state index contributed by atoms with van der Waals surface area (Å²) in [6.07, 6.45) is 0.166. The summed E-state index contributed by atoms with van der Waals surface area (Å²) < 4.78 is 13.5. The molecule has 0 saturated carbocycles. The topological polar surface area (TPSA) is 46.2 Å². The first-order valence-electron chi connectivity index (χ1n) is 8.11. The van der Waals surface area contributed by atoms with Gasteiger partial charge in [-0.2, -0.15) is 0 Å². The number of anilines is 1. The predicted octanol–water partition coefficient (Wildman–Crippen LogP) is 4.89. The summed E-state index contributed by atoms with van der Waals surface area (Å²) in [7, 11) is 0. The molecule has 1 N–H and O–H groups in total. The van der Waals surface area contributed by atoms with Crippen LogP contribution in [0.25, 0.3) is 10.8 Å². The molecule has 3 nitrogen and oxygen atoms in total. The Morgan fingerprint density at radius 2 is 1.68 bits per heavy atom. The molecule has 0 heterocycles.